The number of carbonyl (C=O) groups is 1. The number of hydrogen-bond donors (Lipinski definition) is 0. The van der Waals surface area contributed by atoms with Crippen molar-refractivity contribution in [2.45, 2.75) is 39.3 Å². The van der Waals surface area contributed by atoms with Gasteiger partial charge >= 0.3 is 5.97 Å². The Labute approximate surface area is 113 Å². The van der Waals surface area contributed by atoms with Crippen molar-refractivity contribution < 1.29 is 9.53 Å². The molecule has 0 aliphatic carbocycles. The molecule has 0 aliphatic heterocycles. The average molecular weight is 268 g/mol. The van der Waals surface area contributed by atoms with Crippen LogP contribution in [0.4, 0.5) is 0 Å². The number of aliphatic imine (C=N–C) groups is 1. The molecule has 1 aromatic rings. The average Bonchev–Trinajstić information content (AvgIpc) is 2.25. The molecule has 0 heterocycles. The molecule has 0 spiro atoms. The van der Waals surface area contributed by atoms with Gasteiger partial charge in [-0.15, -0.1) is 0 Å². The first kappa shape index (κ1) is 14.7. The Morgan fingerprint density at radius 2 is 1.89 bits per heavy atom. The molecule has 0 N–H and O–H groups in total. The van der Waals surface area contributed by atoms with Crippen LogP contribution < -0.4 is 0 Å². The predicted molar refractivity (Wildman–Crippen MR) is 74.4 cm³/mol. The lowest BCUT2D eigenvalue weighted by Gasteiger charge is -2.20. The van der Waals surface area contributed by atoms with Crippen LogP contribution in [-0.4, -0.2) is 23.8 Å². The van der Waals surface area contributed by atoms with Crippen molar-refractivity contribution in [2.75, 3.05) is 0 Å². The summed E-state index contributed by atoms with van der Waals surface area (Å²) in [6, 6.07) is 6.73. The highest BCUT2D eigenvalue weighted by Crippen LogP contribution is 2.10. The van der Waals surface area contributed by atoms with Gasteiger partial charge < -0.3 is 4.74 Å². The number of esters is 1. The van der Waals surface area contributed by atoms with Gasteiger partial charge in [-0.25, -0.2) is 4.79 Å². The lowest BCUT2D eigenvalue weighted by atomic mass is 10.2. The molecule has 0 aromatic heterocycles. The summed E-state index contributed by atoms with van der Waals surface area (Å²) in [6.07, 6.45) is 1.64. The zero-order valence-corrected chi connectivity index (χ0v) is 11.9. The van der Waals surface area contributed by atoms with Crippen molar-refractivity contribution in [3.05, 3.63) is 34.9 Å². The van der Waals surface area contributed by atoms with Crippen LogP contribution >= 0.6 is 11.6 Å². The Morgan fingerprint density at radius 1 is 1.33 bits per heavy atom. The number of benzene rings is 1. The van der Waals surface area contributed by atoms with Crippen LogP contribution in [-0.2, 0) is 9.53 Å². The van der Waals surface area contributed by atoms with Gasteiger partial charge in [0.05, 0.1) is 0 Å². The van der Waals surface area contributed by atoms with E-state index in [0.717, 1.165) is 5.56 Å². The molecule has 0 amide bonds. The molecule has 0 unspecified atom stereocenters. The highest BCUT2D eigenvalue weighted by molar-refractivity contribution is 6.30. The molecule has 4 heteroatoms. The molecule has 1 atom stereocenters. The van der Waals surface area contributed by atoms with Crippen LogP contribution in [0.15, 0.2) is 29.3 Å². The Morgan fingerprint density at radius 3 is 2.39 bits per heavy atom. The molecule has 98 valence electrons. The zero-order chi connectivity index (χ0) is 13.8. The van der Waals surface area contributed by atoms with Gasteiger partial charge in [0, 0.05) is 11.2 Å². The lowest BCUT2D eigenvalue weighted by Crippen LogP contribution is -2.29. The van der Waals surface area contributed by atoms with E-state index >= 15 is 0 Å². The molecule has 0 fully saturated rings. The van der Waals surface area contributed by atoms with Crippen LogP contribution in [0.25, 0.3) is 0 Å². The normalized spacial score (nSPS) is 13.6. The van der Waals surface area contributed by atoms with Gasteiger partial charge in [-0.2, -0.15) is 0 Å². The smallest absolute Gasteiger partial charge is 0.331 e. The standard InChI is InChI=1S/C14H18ClNO2/c1-10(13(17)18-14(2,3)4)16-9-11-5-7-12(15)8-6-11/h5-10H,1-4H3/b16-9+/t10-/m0/s1. The quantitative estimate of drug-likeness (QED) is 0.621. The minimum absolute atomic E-state index is 0.326. The Balaban J connectivity index is 2.61. The van der Waals surface area contributed by atoms with Crippen molar-refractivity contribution in [3.8, 4) is 0 Å². The molecule has 3 nitrogen and oxygen atoms in total. The summed E-state index contributed by atoms with van der Waals surface area (Å²) >= 11 is 5.78. The fraction of sp³-hybridized carbons (Fsp3) is 0.429. The second-order valence-corrected chi connectivity index (χ2v) is 5.48. The highest BCUT2D eigenvalue weighted by atomic mass is 35.5. The van der Waals surface area contributed by atoms with Crippen LogP contribution in [0.5, 0.6) is 0 Å². The summed E-state index contributed by atoms with van der Waals surface area (Å²) in [4.78, 5) is 15.8. The highest BCUT2D eigenvalue weighted by Gasteiger charge is 2.20. The summed E-state index contributed by atoms with van der Waals surface area (Å²) in [5, 5.41) is 0.673. The fourth-order valence-corrected chi connectivity index (χ4v) is 1.32. The minimum Gasteiger partial charge on any atom is -0.458 e. The van der Waals surface area contributed by atoms with Gasteiger partial charge in [-0.1, -0.05) is 23.7 Å². The zero-order valence-electron chi connectivity index (χ0n) is 11.1. The van der Waals surface area contributed by atoms with Gasteiger partial charge in [0.15, 0.2) is 0 Å². The summed E-state index contributed by atoms with van der Waals surface area (Å²) in [6.45, 7) is 7.21. The molecular weight excluding hydrogens is 250 g/mol. The summed E-state index contributed by atoms with van der Waals surface area (Å²) < 4.78 is 5.23. The molecule has 0 radical (unpaired) electrons. The maximum absolute atomic E-state index is 11.7. The number of ether oxygens (including phenoxy) is 1. The lowest BCUT2D eigenvalue weighted by molar-refractivity contribution is -0.155. The number of rotatable bonds is 3. The molecule has 18 heavy (non-hydrogen) atoms. The van der Waals surface area contributed by atoms with Crippen LogP contribution in [0.3, 0.4) is 0 Å². The summed E-state index contributed by atoms with van der Waals surface area (Å²) in [7, 11) is 0. The van der Waals surface area contributed by atoms with E-state index < -0.39 is 11.6 Å². The van der Waals surface area contributed by atoms with Gasteiger partial charge in [-0.05, 0) is 45.4 Å². The molecule has 0 bridgehead atoms. The topological polar surface area (TPSA) is 38.7 Å². The largest absolute Gasteiger partial charge is 0.458 e. The van der Waals surface area contributed by atoms with E-state index in [4.69, 9.17) is 16.3 Å². The van der Waals surface area contributed by atoms with Crippen molar-refractivity contribution in [1.29, 1.82) is 0 Å². The van der Waals surface area contributed by atoms with E-state index in [1.165, 1.54) is 0 Å². The second-order valence-electron chi connectivity index (χ2n) is 5.04. The van der Waals surface area contributed by atoms with E-state index in [9.17, 15) is 4.79 Å². The Bertz CT molecular complexity index is 432. The fourth-order valence-electron chi connectivity index (χ4n) is 1.19. The van der Waals surface area contributed by atoms with E-state index in [1.54, 1.807) is 25.3 Å². The van der Waals surface area contributed by atoms with Crippen LogP contribution in [0.2, 0.25) is 5.02 Å². The SMILES string of the molecule is C[C@H](/N=C/c1ccc(Cl)cc1)C(=O)OC(C)(C)C. The van der Waals surface area contributed by atoms with Crippen molar-refractivity contribution in [1.82, 2.24) is 0 Å². The molecule has 1 aromatic carbocycles. The monoisotopic (exact) mass is 267 g/mol. The van der Waals surface area contributed by atoms with Crippen molar-refractivity contribution in [2.24, 2.45) is 4.99 Å². The number of halogens is 1. The molecule has 0 aliphatic rings. The summed E-state index contributed by atoms with van der Waals surface area (Å²) in [5.41, 5.74) is 0.413. The third kappa shape index (κ3) is 5.32. The second kappa shape index (κ2) is 6.01. The van der Waals surface area contributed by atoms with Crippen molar-refractivity contribution >= 4 is 23.8 Å². The predicted octanol–water partition coefficient (Wildman–Crippen LogP) is 3.49. The minimum atomic E-state index is -0.514. The molecule has 0 saturated heterocycles. The first-order valence-corrected chi connectivity index (χ1v) is 6.17. The van der Waals surface area contributed by atoms with Crippen LogP contribution in [0.1, 0.15) is 33.3 Å². The first-order chi connectivity index (χ1) is 8.28. The number of nitrogens with zero attached hydrogens (tertiary/aromatic N) is 1. The van der Waals surface area contributed by atoms with Crippen molar-refractivity contribution in [3.63, 3.8) is 0 Å². The first-order valence-electron chi connectivity index (χ1n) is 5.79. The maximum Gasteiger partial charge on any atom is 0.331 e. The Kier molecular flexibility index (Phi) is 4.91. The van der Waals surface area contributed by atoms with Gasteiger partial charge in [0.2, 0.25) is 0 Å². The van der Waals surface area contributed by atoms with Crippen LogP contribution in [0, 0.1) is 0 Å². The van der Waals surface area contributed by atoms with E-state index in [0.29, 0.717) is 5.02 Å². The molecule has 0 saturated carbocycles. The summed E-state index contributed by atoms with van der Waals surface area (Å²) in [5.74, 6) is -0.326. The number of hydrogen-bond acceptors (Lipinski definition) is 3. The number of carbonyl (C=O) groups excluding carboxylic acids is 1. The Hall–Kier alpha value is -1.35. The van der Waals surface area contributed by atoms with E-state index in [2.05, 4.69) is 4.99 Å². The molecule has 1 rings (SSSR count). The van der Waals surface area contributed by atoms with Gasteiger partial charge in [0.25, 0.3) is 0 Å². The van der Waals surface area contributed by atoms with E-state index in [-0.39, 0.29) is 5.97 Å². The van der Waals surface area contributed by atoms with E-state index in [1.807, 2.05) is 32.9 Å². The molecular formula is C14H18ClNO2. The maximum atomic E-state index is 11.7. The van der Waals surface area contributed by atoms with Gasteiger partial charge in [0.1, 0.15) is 11.6 Å². The third-order valence-electron chi connectivity index (χ3n) is 2.07. The van der Waals surface area contributed by atoms with Gasteiger partial charge in [-0.3, -0.25) is 4.99 Å². The third-order valence-corrected chi connectivity index (χ3v) is 2.32.